The Bertz CT molecular complexity index is 347. The maximum atomic E-state index is 5.52. The van der Waals surface area contributed by atoms with Crippen LogP contribution in [0.3, 0.4) is 0 Å². The van der Waals surface area contributed by atoms with E-state index in [-0.39, 0.29) is 0 Å². The van der Waals surface area contributed by atoms with Gasteiger partial charge in [0.15, 0.2) is 0 Å². The summed E-state index contributed by atoms with van der Waals surface area (Å²) in [5.74, 6) is 2.07. The minimum absolute atomic E-state index is 1.03. The van der Waals surface area contributed by atoms with Crippen molar-refractivity contribution in [3.63, 3.8) is 0 Å². The van der Waals surface area contributed by atoms with Gasteiger partial charge in [-0.1, -0.05) is 25.7 Å². The van der Waals surface area contributed by atoms with Gasteiger partial charge in [-0.15, -0.1) is 0 Å². The number of ether oxygens (including phenoxy) is 2. The van der Waals surface area contributed by atoms with Crippen LogP contribution in [0.5, 0.6) is 11.5 Å². The van der Waals surface area contributed by atoms with Crippen molar-refractivity contribution in [2.45, 2.75) is 51.4 Å². The quantitative estimate of drug-likeness (QED) is 0.783. The van der Waals surface area contributed by atoms with E-state index in [1.165, 1.54) is 49.7 Å². The predicted molar refractivity (Wildman–Crippen MR) is 74.7 cm³/mol. The molecule has 0 radical (unpaired) electrons. The number of rotatable bonds is 2. The molecule has 0 aliphatic heterocycles. The highest BCUT2D eigenvalue weighted by molar-refractivity contribution is 5.46. The highest BCUT2D eigenvalue weighted by Crippen LogP contribution is 2.31. The van der Waals surface area contributed by atoms with Gasteiger partial charge in [0.05, 0.1) is 14.2 Å². The molecule has 2 bridgehead atoms. The SMILES string of the molecule is COc1cc2c(OC)cc1CCCCCCCC2. The monoisotopic (exact) mass is 248 g/mol. The van der Waals surface area contributed by atoms with E-state index in [2.05, 4.69) is 12.1 Å². The second-order valence-electron chi connectivity index (χ2n) is 5.10. The molecule has 18 heavy (non-hydrogen) atoms. The molecule has 0 amide bonds. The van der Waals surface area contributed by atoms with Crippen LogP contribution in [0.1, 0.15) is 49.7 Å². The maximum absolute atomic E-state index is 5.52. The van der Waals surface area contributed by atoms with E-state index in [4.69, 9.17) is 9.47 Å². The first-order valence-corrected chi connectivity index (χ1v) is 7.09. The first-order valence-electron chi connectivity index (χ1n) is 7.09. The molecule has 0 saturated carbocycles. The summed E-state index contributed by atoms with van der Waals surface area (Å²) in [6.45, 7) is 0. The molecule has 0 saturated heterocycles. The van der Waals surface area contributed by atoms with Gasteiger partial charge in [0.2, 0.25) is 0 Å². The van der Waals surface area contributed by atoms with Crippen molar-refractivity contribution < 1.29 is 9.47 Å². The summed E-state index contributed by atoms with van der Waals surface area (Å²) in [6, 6.07) is 4.35. The Morgan fingerprint density at radius 1 is 0.667 bits per heavy atom. The first-order chi connectivity index (χ1) is 8.85. The molecule has 2 nitrogen and oxygen atoms in total. The molecule has 0 heterocycles. The lowest BCUT2D eigenvalue weighted by Crippen LogP contribution is -2.00. The van der Waals surface area contributed by atoms with Crippen molar-refractivity contribution in [2.75, 3.05) is 14.2 Å². The lowest BCUT2D eigenvalue weighted by molar-refractivity contribution is 0.392. The van der Waals surface area contributed by atoms with Crippen molar-refractivity contribution in [3.05, 3.63) is 23.3 Å². The first kappa shape index (κ1) is 13.3. The van der Waals surface area contributed by atoms with Crippen LogP contribution >= 0.6 is 0 Å². The highest BCUT2D eigenvalue weighted by atomic mass is 16.5. The third-order valence-electron chi connectivity index (χ3n) is 3.83. The second kappa shape index (κ2) is 6.67. The molecule has 0 N–H and O–H groups in total. The van der Waals surface area contributed by atoms with E-state index in [0.717, 1.165) is 24.3 Å². The van der Waals surface area contributed by atoms with Crippen molar-refractivity contribution in [2.24, 2.45) is 0 Å². The molecule has 0 fully saturated rings. The summed E-state index contributed by atoms with van der Waals surface area (Å²) in [7, 11) is 3.53. The van der Waals surface area contributed by atoms with Gasteiger partial charge in [-0.3, -0.25) is 0 Å². The third-order valence-corrected chi connectivity index (χ3v) is 3.83. The molecule has 2 aliphatic rings. The van der Waals surface area contributed by atoms with Crippen molar-refractivity contribution >= 4 is 0 Å². The van der Waals surface area contributed by atoms with Crippen molar-refractivity contribution in [3.8, 4) is 11.5 Å². The Morgan fingerprint density at radius 2 is 1.06 bits per heavy atom. The standard InChI is InChI=1S/C16H24O2/c1-17-15-11-14-10-8-6-4-3-5-7-9-13(15)12-16(14)18-2/h11-12H,3-10H2,1-2H3. The fourth-order valence-corrected chi connectivity index (χ4v) is 2.75. The van der Waals surface area contributed by atoms with Crippen LogP contribution in [0, 0.1) is 0 Å². The van der Waals surface area contributed by atoms with Gasteiger partial charge in [-0.05, 0) is 48.9 Å². The molecule has 100 valence electrons. The smallest absolute Gasteiger partial charge is 0.122 e. The molecule has 0 unspecified atom stereocenters. The Morgan fingerprint density at radius 3 is 1.44 bits per heavy atom. The molecular formula is C16H24O2. The van der Waals surface area contributed by atoms with E-state index >= 15 is 0 Å². The largest absolute Gasteiger partial charge is 0.496 e. The van der Waals surface area contributed by atoms with Crippen LogP contribution in [-0.4, -0.2) is 14.2 Å². The van der Waals surface area contributed by atoms with E-state index in [1.54, 1.807) is 14.2 Å². The zero-order chi connectivity index (χ0) is 12.8. The van der Waals surface area contributed by atoms with Crippen molar-refractivity contribution in [1.82, 2.24) is 0 Å². The average molecular weight is 248 g/mol. The molecule has 3 rings (SSSR count). The van der Waals surface area contributed by atoms with Gasteiger partial charge in [-0.25, -0.2) is 0 Å². The second-order valence-corrected chi connectivity index (χ2v) is 5.10. The van der Waals surface area contributed by atoms with Crippen molar-refractivity contribution in [1.29, 1.82) is 0 Å². The van der Waals surface area contributed by atoms with Gasteiger partial charge in [0.25, 0.3) is 0 Å². The minimum atomic E-state index is 1.03. The molecule has 1 aromatic carbocycles. The van der Waals surface area contributed by atoms with E-state index < -0.39 is 0 Å². The number of methoxy groups -OCH3 is 2. The molecule has 2 aliphatic carbocycles. The van der Waals surface area contributed by atoms with Gasteiger partial charge < -0.3 is 9.47 Å². The number of benzene rings is 1. The summed E-state index contributed by atoms with van der Waals surface area (Å²) in [6.07, 6.45) is 10.1. The summed E-state index contributed by atoms with van der Waals surface area (Å²) in [4.78, 5) is 0. The normalized spacial score (nSPS) is 16.8. The predicted octanol–water partition coefficient (Wildman–Crippen LogP) is 4.14. The summed E-state index contributed by atoms with van der Waals surface area (Å²) in [5, 5.41) is 0. The molecule has 2 heteroatoms. The fraction of sp³-hybridized carbons (Fsp3) is 0.625. The van der Waals surface area contributed by atoms with Gasteiger partial charge in [-0.2, -0.15) is 0 Å². The molecular weight excluding hydrogens is 224 g/mol. The van der Waals surface area contributed by atoms with E-state index in [1.807, 2.05) is 0 Å². The molecule has 1 aromatic rings. The Hall–Kier alpha value is -1.18. The minimum Gasteiger partial charge on any atom is -0.496 e. The Kier molecular flexibility index (Phi) is 4.91. The van der Waals surface area contributed by atoms with Crippen LogP contribution in [0.15, 0.2) is 12.1 Å². The van der Waals surface area contributed by atoms with E-state index in [9.17, 15) is 0 Å². The van der Waals surface area contributed by atoms with Crippen LogP contribution < -0.4 is 9.47 Å². The van der Waals surface area contributed by atoms with Gasteiger partial charge in [0, 0.05) is 0 Å². The maximum Gasteiger partial charge on any atom is 0.122 e. The van der Waals surface area contributed by atoms with E-state index in [0.29, 0.717) is 0 Å². The van der Waals surface area contributed by atoms with Crippen LogP contribution in [-0.2, 0) is 12.8 Å². The van der Waals surface area contributed by atoms with Crippen LogP contribution in [0.2, 0.25) is 0 Å². The number of hydrogen-bond acceptors (Lipinski definition) is 2. The average Bonchev–Trinajstić information content (AvgIpc) is 2.39. The number of hydrogen-bond donors (Lipinski definition) is 0. The number of fused-ring (bicyclic) bond motifs is 9. The molecule has 0 atom stereocenters. The summed E-state index contributed by atoms with van der Waals surface area (Å²) in [5.41, 5.74) is 2.58. The Labute approximate surface area is 110 Å². The zero-order valence-electron chi connectivity index (χ0n) is 11.6. The summed E-state index contributed by atoms with van der Waals surface area (Å²) >= 11 is 0. The highest BCUT2D eigenvalue weighted by Gasteiger charge is 2.11. The number of aryl methyl sites for hydroxylation is 2. The van der Waals surface area contributed by atoms with Gasteiger partial charge in [0.1, 0.15) is 11.5 Å². The third kappa shape index (κ3) is 3.18. The zero-order valence-corrected chi connectivity index (χ0v) is 11.6. The molecule has 0 aromatic heterocycles. The summed E-state index contributed by atoms with van der Waals surface area (Å²) < 4.78 is 11.0. The Balaban J connectivity index is 2.31. The topological polar surface area (TPSA) is 18.5 Å². The van der Waals surface area contributed by atoms with Crippen LogP contribution in [0.4, 0.5) is 0 Å². The fourth-order valence-electron chi connectivity index (χ4n) is 2.75. The van der Waals surface area contributed by atoms with Crippen LogP contribution in [0.25, 0.3) is 0 Å². The lowest BCUT2D eigenvalue weighted by atomic mass is 9.97. The lowest BCUT2D eigenvalue weighted by Gasteiger charge is -2.16. The molecule has 0 spiro atoms. The van der Waals surface area contributed by atoms with Gasteiger partial charge >= 0.3 is 0 Å².